The van der Waals surface area contributed by atoms with Gasteiger partial charge in [0.1, 0.15) is 0 Å². The lowest BCUT2D eigenvalue weighted by Crippen LogP contribution is -2.43. The second-order valence-corrected chi connectivity index (χ2v) is 7.83. The van der Waals surface area contributed by atoms with Gasteiger partial charge in [-0.15, -0.1) is 0 Å². The van der Waals surface area contributed by atoms with Gasteiger partial charge in [-0.05, 0) is 34.4 Å². The summed E-state index contributed by atoms with van der Waals surface area (Å²) in [6.07, 6.45) is 9.13. The fraction of sp³-hybridized carbons (Fsp3) is 0.154. The van der Waals surface area contributed by atoms with Crippen molar-refractivity contribution in [1.82, 2.24) is 0 Å². The third-order valence-corrected chi connectivity index (χ3v) is 6.54. The van der Waals surface area contributed by atoms with E-state index in [-0.39, 0.29) is 10.8 Å². The van der Waals surface area contributed by atoms with Crippen molar-refractivity contribution in [2.75, 3.05) is 5.73 Å². The largest absolute Gasteiger partial charge is 0.399 e. The van der Waals surface area contributed by atoms with Crippen LogP contribution in [0.15, 0.2) is 103 Å². The lowest BCUT2D eigenvalue weighted by molar-refractivity contribution is 0.289. The molecule has 132 valence electrons. The minimum atomic E-state index is -0.286. The minimum Gasteiger partial charge on any atom is -0.399 e. The smallest absolute Gasteiger partial charge is 0.0551 e. The minimum absolute atomic E-state index is 0.111. The Morgan fingerprint density at radius 2 is 1.41 bits per heavy atom. The number of nitrogen functional groups attached to an aromatic ring is 1. The molecular formula is C26H23N. The van der Waals surface area contributed by atoms with Crippen LogP contribution in [0.4, 0.5) is 5.69 Å². The number of hydrogen-bond donors (Lipinski definition) is 1. The van der Waals surface area contributed by atoms with Crippen LogP contribution in [0.25, 0.3) is 0 Å². The van der Waals surface area contributed by atoms with Crippen molar-refractivity contribution in [3.8, 4) is 0 Å². The van der Waals surface area contributed by atoms with Gasteiger partial charge in [-0.2, -0.15) is 0 Å². The summed E-state index contributed by atoms with van der Waals surface area (Å²) in [5, 5.41) is 0. The van der Waals surface area contributed by atoms with Crippen molar-refractivity contribution in [1.29, 1.82) is 0 Å². The van der Waals surface area contributed by atoms with E-state index in [1.165, 1.54) is 22.3 Å². The van der Waals surface area contributed by atoms with Gasteiger partial charge in [0.2, 0.25) is 0 Å². The number of benzene rings is 3. The van der Waals surface area contributed by atoms with E-state index in [4.69, 9.17) is 5.73 Å². The van der Waals surface area contributed by atoms with Crippen LogP contribution in [0.2, 0.25) is 0 Å². The molecule has 27 heavy (non-hydrogen) atoms. The molecule has 1 nitrogen and oxygen atoms in total. The highest BCUT2D eigenvalue weighted by Crippen LogP contribution is 2.66. The summed E-state index contributed by atoms with van der Waals surface area (Å²) < 4.78 is 0. The highest BCUT2D eigenvalue weighted by molar-refractivity contribution is 5.67. The van der Waals surface area contributed by atoms with Crippen molar-refractivity contribution in [2.45, 2.75) is 18.3 Å². The summed E-state index contributed by atoms with van der Waals surface area (Å²) in [6, 6.07) is 28.3. The van der Waals surface area contributed by atoms with E-state index in [0.29, 0.717) is 5.92 Å². The molecule has 0 heterocycles. The van der Waals surface area contributed by atoms with E-state index >= 15 is 0 Å². The predicted octanol–water partition coefficient (Wildman–Crippen LogP) is 5.83. The number of anilines is 1. The summed E-state index contributed by atoms with van der Waals surface area (Å²) >= 11 is 0. The van der Waals surface area contributed by atoms with Gasteiger partial charge in [-0.3, -0.25) is 0 Å². The van der Waals surface area contributed by atoms with E-state index in [1.807, 2.05) is 6.07 Å². The zero-order valence-electron chi connectivity index (χ0n) is 15.5. The van der Waals surface area contributed by atoms with Crippen LogP contribution in [-0.4, -0.2) is 0 Å². The van der Waals surface area contributed by atoms with E-state index in [0.717, 1.165) is 5.69 Å². The average molecular weight is 349 g/mol. The molecule has 0 aromatic heterocycles. The third kappa shape index (κ3) is 2.00. The molecule has 2 aliphatic carbocycles. The average Bonchev–Trinajstić information content (AvgIpc) is 2.94. The summed E-state index contributed by atoms with van der Waals surface area (Å²) in [5.74, 6) is 0.318. The van der Waals surface area contributed by atoms with Gasteiger partial charge in [-0.25, -0.2) is 0 Å². The van der Waals surface area contributed by atoms with E-state index < -0.39 is 0 Å². The van der Waals surface area contributed by atoms with Crippen LogP contribution < -0.4 is 5.73 Å². The van der Waals surface area contributed by atoms with Crippen LogP contribution in [0.1, 0.15) is 35.1 Å². The molecule has 0 amide bonds. The molecule has 0 bridgehead atoms. The summed E-state index contributed by atoms with van der Waals surface area (Å²) in [4.78, 5) is 0. The number of allylic oxidation sites excluding steroid dienone is 4. The lowest BCUT2D eigenvalue weighted by atomic mass is 9.54. The molecule has 1 heteroatoms. The van der Waals surface area contributed by atoms with Gasteiger partial charge in [0.25, 0.3) is 0 Å². The first-order valence-electron chi connectivity index (χ1n) is 9.55. The maximum atomic E-state index is 6.30. The van der Waals surface area contributed by atoms with Gasteiger partial charge in [0.15, 0.2) is 0 Å². The molecule has 0 saturated heterocycles. The van der Waals surface area contributed by atoms with Gasteiger partial charge in [-0.1, -0.05) is 98.0 Å². The van der Waals surface area contributed by atoms with Crippen molar-refractivity contribution >= 4 is 5.69 Å². The molecule has 2 N–H and O–H groups in total. The third-order valence-electron chi connectivity index (χ3n) is 6.54. The SMILES string of the molecule is CC12C=CC=CC1c1ccc(N)cc1C2(c1ccccc1)c1ccccc1. The second kappa shape index (κ2) is 5.72. The van der Waals surface area contributed by atoms with Crippen LogP contribution in [0.5, 0.6) is 0 Å². The highest BCUT2D eigenvalue weighted by atomic mass is 14.6. The molecule has 2 aliphatic rings. The molecular weight excluding hydrogens is 326 g/mol. The van der Waals surface area contributed by atoms with E-state index in [1.54, 1.807) is 0 Å². The molecule has 3 aromatic rings. The Balaban J connectivity index is 1.97. The quantitative estimate of drug-likeness (QED) is 0.579. The molecule has 2 atom stereocenters. The molecule has 5 rings (SSSR count). The first-order chi connectivity index (χ1) is 13.2. The number of fused-ring (bicyclic) bond motifs is 3. The van der Waals surface area contributed by atoms with Crippen LogP contribution in [0, 0.1) is 5.41 Å². The normalized spacial score (nSPS) is 24.4. The van der Waals surface area contributed by atoms with Crippen LogP contribution in [0.3, 0.4) is 0 Å². The molecule has 0 aliphatic heterocycles. The first-order valence-corrected chi connectivity index (χ1v) is 9.55. The van der Waals surface area contributed by atoms with E-state index in [9.17, 15) is 0 Å². The Hall–Kier alpha value is -3.06. The topological polar surface area (TPSA) is 26.0 Å². The standard InChI is InChI=1S/C26H23N/c1-25-17-9-8-14-23(25)22-16-15-21(27)18-24(22)26(25,19-10-4-2-5-11-19)20-12-6-3-7-13-20/h2-18,23H,27H2,1H3. The fourth-order valence-corrected chi connectivity index (χ4v) is 5.46. The number of hydrogen-bond acceptors (Lipinski definition) is 1. The Morgan fingerprint density at radius 1 is 0.778 bits per heavy atom. The van der Waals surface area contributed by atoms with Gasteiger partial charge >= 0.3 is 0 Å². The summed E-state index contributed by atoms with van der Waals surface area (Å²) in [6.45, 7) is 2.40. The molecule has 3 aromatic carbocycles. The second-order valence-electron chi connectivity index (χ2n) is 7.83. The summed E-state index contributed by atoms with van der Waals surface area (Å²) in [7, 11) is 0. The fourth-order valence-electron chi connectivity index (χ4n) is 5.46. The van der Waals surface area contributed by atoms with Crippen LogP contribution >= 0.6 is 0 Å². The Bertz CT molecular complexity index is 1010. The van der Waals surface area contributed by atoms with Crippen molar-refractivity contribution in [2.24, 2.45) is 5.41 Å². The number of nitrogens with two attached hydrogens (primary N) is 1. The monoisotopic (exact) mass is 349 g/mol. The van der Waals surface area contributed by atoms with E-state index in [2.05, 4.69) is 104 Å². The van der Waals surface area contributed by atoms with Crippen molar-refractivity contribution in [3.63, 3.8) is 0 Å². The lowest BCUT2D eigenvalue weighted by Gasteiger charge is -2.47. The Kier molecular flexibility index (Phi) is 3.42. The number of rotatable bonds is 2. The zero-order valence-corrected chi connectivity index (χ0v) is 15.5. The summed E-state index contributed by atoms with van der Waals surface area (Å²) in [5.41, 5.74) is 12.1. The highest BCUT2D eigenvalue weighted by Gasteiger charge is 2.60. The van der Waals surface area contributed by atoms with Gasteiger partial charge in [0.05, 0.1) is 5.41 Å². The maximum absolute atomic E-state index is 6.30. The first kappa shape index (κ1) is 16.1. The van der Waals surface area contributed by atoms with Crippen LogP contribution in [-0.2, 0) is 5.41 Å². The molecule has 0 saturated carbocycles. The maximum Gasteiger partial charge on any atom is 0.0551 e. The molecule has 0 fully saturated rings. The van der Waals surface area contributed by atoms with Gasteiger partial charge < -0.3 is 5.73 Å². The predicted molar refractivity (Wildman–Crippen MR) is 113 cm³/mol. The zero-order chi connectivity index (χ0) is 18.5. The Morgan fingerprint density at radius 3 is 2.04 bits per heavy atom. The Labute approximate surface area is 160 Å². The van der Waals surface area contributed by atoms with Gasteiger partial charge in [0, 0.05) is 17.0 Å². The molecule has 2 unspecified atom stereocenters. The molecule has 0 radical (unpaired) electrons. The van der Waals surface area contributed by atoms with Crippen molar-refractivity contribution in [3.05, 3.63) is 125 Å². The van der Waals surface area contributed by atoms with Crippen molar-refractivity contribution < 1.29 is 0 Å². The molecule has 0 spiro atoms.